The number of hydrogen-bond acceptors (Lipinski definition) is 2. The SMILES string of the molecule is CNCc1cccc(N=C(N)N=C(N)N)c1. The van der Waals surface area contributed by atoms with Crippen molar-refractivity contribution in [2.24, 2.45) is 27.2 Å². The van der Waals surface area contributed by atoms with Crippen LogP contribution in [0.5, 0.6) is 0 Å². The minimum atomic E-state index is -0.104. The van der Waals surface area contributed by atoms with E-state index < -0.39 is 0 Å². The van der Waals surface area contributed by atoms with E-state index in [1.165, 1.54) is 0 Å². The Labute approximate surface area is 94.3 Å². The third-order valence-corrected chi connectivity index (χ3v) is 1.78. The number of aliphatic imine (C=N–C) groups is 2. The van der Waals surface area contributed by atoms with Crippen LogP contribution >= 0.6 is 0 Å². The van der Waals surface area contributed by atoms with Gasteiger partial charge in [-0.15, -0.1) is 0 Å². The summed E-state index contributed by atoms with van der Waals surface area (Å²) in [5.41, 5.74) is 17.7. The fourth-order valence-corrected chi connectivity index (χ4v) is 1.23. The largest absolute Gasteiger partial charge is 0.370 e. The van der Waals surface area contributed by atoms with E-state index in [0.717, 1.165) is 17.8 Å². The van der Waals surface area contributed by atoms with Gasteiger partial charge in [-0.25, -0.2) is 4.99 Å². The first-order valence-corrected chi connectivity index (χ1v) is 4.79. The molecule has 6 heteroatoms. The van der Waals surface area contributed by atoms with Gasteiger partial charge in [-0.1, -0.05) is 12.1 Å². The Morgan fingerprint density at radius 1 is 1.31 bits per heavy atom. The van der Waals surface area contributed by atoms with Gasteiger partial charge in [-0.05, 0) is 24.7 Å². The smallest absolute Gasteiger partial charge is 0.223 e. The highest BCUT2D eigenvalue weighted by atomic mass is 15.1. The summed E-state index contributed by atoms with van der Waals surface area (Å²) in [4.78, 5) is 7.69. The molecule has 0 unspecified atom stereocenters. The lowest BCUT2D eigenvalue weighted by atomic mass is 10.2. The molecule has 0 radical (unpaired) electrons. The molecule has 0 saturated carbocycles. The predicted octanol–water partition coefficient (Wildman–Crippen LogP) is -0.374. The van der Waals surface area contributed by atoms with Gasteiger partial charge in [0.1, 0.15) is 0 Å². The zero-order chi connectivity index (χ0) is 12.0. The van der Waals surface area contributed by atoms with E-state index in [-0.39, 0.29) is 11.9 Å². The number of nitrogens with zero attached hydrogens (tertiary/aromatic N) is 2. The average Bonchev–Trinajstić information content (AvgIpc) is 2.17. The number of benzene rings is 1. The highest BCUT2D eigenvalue weighted by molar-refractivity contribution is 5.93. The average molecular weight is 220 g/mol. The van der Waals surface area contributed by atoms with E-state index in [4.69, 9.17) is 17.2 Å². The van der Waals surface area contributed by atoms with Crippen molar-refractivity contribution < 1.29 is 0 Å². The lowest BCUT2D eigenvalue weighted by molar-refractivity contribution is 0.818. The van der Waals surface area contributed by atoms with E-state index in [0.29, 0.717) is 0 Å². The highest BCUT2D eigenvalue weighted by Crippen LogP contribution is 2.13. The van der Waals surface area contributed by atoms with Gasteiger partial charge < -0.3 is 22.5 Å². The van der Waals surface area contributed by atoms with Crippen LogP contribution in [-0.4, -0.2) is 19.0 Å². The summed E-state index contributed by atoms with van der Waals surface area (Å²) in [6.07, 6.45) is 0. The van der Waals surface area contributed by atoms with Crippen LogP contribution in [0, 0.1) is 0 Å². The van der Waals surface area contributed by atoms with Gasteiger partial charge in [-0.2, -0.15) is 4.99 Å². The second kappa shape index (κ2) is 5.72. The van der Waals surface area contributed by atoms with Crippen molar-refractivity contribution in [3.8, 4) is 0 Å². The van der Waals surface area contributed by atoms with Crippen molar-refractivity contribution in [3.63, 3.8) is 0 Å². The molecule has 0 atom stereocenters. The predicted molar refractivity (Wildman–Crippen MR) is 66.3 cm³/mol. The first-order chi connectivity index (χ1) is 7.61. The van der Waals surface area contributed by atoms with Gasteiger partial charge >= 0.3 is 0 Å². The van der Waals surface area contributed by atoms with Crippen LogP contribution in [0.1, 0.15) is 5.56 Å². The molecule has 6 nitrogen and oxygen atoms in total. The maximum atomic E-state index is 5.52. The molecule has 1 rings (SSSR count). The molecule has 0 heterocycles. The summed E-state index contributed by atoms with van der Waals surface area (Å²) in [7, 11) is 1.88. The van der Waals surface area contributed by atoms with E-state index in [1.54, 1.807) is 0 Å². The zero-order valence-electron chi connectivity index (χ0n) is 9.14. The molecule has 0 fully saturated rings. The molecular formula is C10H16N6. The summed E-state index contributed by atoms with van der Waals surface area (Å²) >= 11 is 0. The maximum absolute atomic E-state index is 5.52. The molecule has 0 aliphatic carbocycles. The molecule has 86 valence electrons. The molecule has 0 bridgehead atoms. The molecule has 0 spiro atoms. The van der Waals surface area contributed by atoms with E-state index in [2.05, 4.69) is 15.3 Å². The minimum Gasteiger partial charge on any atom is -0.370 e. The topological polar surface area (TPSA) is 115 Å². The molecule has 0 saturated heterocycles. The molecule has 7 N–H and O–H groups in total. The Morgan fingerprint density at radius 3 is 2.69 bits per heavy atom. The van der Waals surface area contributed by atoms with Crippen LogP contribution in [0.15, 0.2) is 34.3 Å². The second-order valence-electron chi connectivity index (χ2n) is 3.21. The van der Waals surface area contributed by atoms with Crippen LogP contribution in [0.4, 0.5) is 5.69 Å². The van der Waals surface area contributed by atoms with Crippen LogP contribution < -0.4 is 22.5 Å². The first-order valence-electron chi connectivity index (χ1n) is 4.79. The summed E-state index contributed by atoms with van der Waals surface area (Å²) in [6.45, 7) is 0.769. The molecule has 1 aromatic carbocycles. The summed E-state index contributed by atoms with van der Waals surface area (Å²) < 4.78 is 0. The van der Waals surface area contributed by atoms with Crippen molar-refractivity contribution in [1.29, 1.82) is 0 Å². The quantitative estimate of drug-likeness (QED) is 0.410. The molecule has 0 amide bonds. The lowest BCUT2D eigenvalue weighted by Crippen LogP contribution is -2.26. The van der Waals surface area contributed by atoms with Gasteiger partial charge in [-0.3, -0.25) is 0 Å². The number of nitrogens with one attached hydrogen (secondary N) is 1. The fraction of sp³-hybridized carbons (Fsp3) is 0.200. The molecule has 0 aliphatic rings. The normalized spacial score (nSPS) is 11.2. The van der Waals surface area contributed by atoms with Gasteiger partial charge in [0.15, 0.2) is 5.96 Å². The Kier molecular flexibility index (Phi) is 4.28. The maximum Gasteiger partial charge on any atom is 0.223 e. The standard InChI is InChI=1S/C10H16N6/c1-14-6-7-3-2-4-8(5-7)15-10(13)16-9(11)12/h2-5,14H,6H2,1H3,(H6,11,12,13,15,16). The Bertz CT molecular complexity index is 406. The Balaban J connectivity index is 2.88. The van der Waals surface area contributed by atoms with E-state index in [1.807, 2.05) is 31.3 Å². The van der Waals surface area contributed by atoms with Crippen molar-refractivity contribution >= 4 is 17.6 Å². The molecular weight excluding hydrogens is 204 g/mol. The molecule has 16 heavy (non-hydrogen) atoms. The monoisotopic (exact) mass is 220 g/mol. The minimum absolute atomic E-state index is 0.0432. The van der Waals surface area contributed by atoms with E-state index >= 15 is 0 Å². The Morgan fingerprint density at radius 2 is 2.06 bits per heavy atom. The van der Waals surface area contributed by atoms with Crippen LogP contribution in [0.2, 0.25) is 0 Å². The Hall–Kier alpha value is -2.08. The van der Waals surface area contributed by atoms with Crippen molar-refractivity contribution in [2.45, 2.75) is 6.54 Å². The van der Waals surface area contributed by atoms with Crippen LogP contribution in [0.25, 0.3) is 0 Å². The number of hydrogen-bond donors (Lipinski definition) is 4. The molecule has 1 aromatic rings. The van der Waals surface area contributed by atoms with Crippen molar-refractivity contribution in [3.05, 3.63) is 29.8 Å². The number of rotatable bonds is 3. The molecule has 0 aromatic heterocycles. The number of nitrogens with two attached hydrogens (primary N) is 3. The van der Waals surface area contributed by atoms with Crippen molar-refractivity contribution in [2.75, 3.05) is 7.05 Å². The third-order valence-electron chi connectivity index (χ3n) is 1.78. The third kappa shape index (κ3) is 3.97. The highest BCUT2D eigenvalue weighted by Gasteiger charge is 1.95. The summed E-state index contributed by atoms with van der Waals surface area (Å²) in [6, 6.07) is 7.63. The van der Waals surface area contributed by atoms with Gasteiger partial charge in [0.25, 0.3) is 0 Å². The first kappa shape index (κ1) is 12.0. The van der Waals surface area contributed by atoms with E-state index in [9.17, 15) is 0 Å². The van der Waals surface area contributed by atoms with Crippen molar-refractivity contribution in [1.82, 2.24) is 5.32 Å². The number of guanidine groups is 2. The lowest BCUT2D eigenvalue weighted by Gasteiger charge is -2.01. The summed E-state index contributed by atoms with van der Waals surface area (Å²) in [5.74, 6) is -0.0609. The van der Waals surface area contributed by atoms with Crippen LogP contribution in [0.3, 0.4) is 0 Å². The van der Waals surface area contributed by atoms with Gasteiger partial charge in [0.2, 0.25) is 5.96 Å². The van der Waals surface area contributed by atoms with Gasteiger partial charge in [0, 0.05) is 6.54 Å². The fourth-order valence-electron chi connectivity index (χ4n) is 1.23. The summed E-state index contributed by atoms with van der Waals surface area (Å²) in [5, 5.41) is 3.05. The molecule has 0 aliphatic heterocycles. The second-order valence-corrected chi connectivity index (χ2v) is 3.21. The van der Waals surface area contributed by atoms with Crippen LogP contribution in [-0.2, 0) is 6.54 Å². The zero-order valence-corrected chi connectivity index (χ0v) is 9.14. The van der Waals surface area contributed by atoms with Gasteiger partial charge in [0.05, 0.1) is 5.69 Å².